The van der Waals surface area contributed by atoms with Crippen LogP contribution in [0, 0.1) is 5.41 Å². The molecule has 0 saturated carbocycles. The van der Waals surface area contributed by atoms with Crippen molar-refractivity contribution in [3.05, 3.63) is 29.8 Å². The quantitative estimate of drug-likeness (QED) is 0.928. The van der Waals surface area contributed by atoms with Gasteiger partial charge in [0.05, 0.1) is 11.5 Å². The van der Waals surface area contributed by atoms with Gasteiger partial charge in [-0.3, -0.25) is 14.5 Å². The van der Waals surface area contributed by atoms with Crippen molar-refractivity contribution in [1.82, 2.24) is 4.90 Å². The van der Waals surface area contributed by atoms with E-state index < -0.39 is 11.4 Å². The van der Waals surface area contributed by atoms with E-state index in [0.29, 0.717) is 19.5 Å². The van der Waals surface area contributed by atoms with E-state index in [1.54, 1.807) is 6.92 Å². The Morgan fingerprint density at radius 2 is 2.00 bits per heavy atom. The molecule has 1 aromatic carbocycles. The molecule has 0 aliphatic carbocycles. The van der Waals surface area contributed by atoms with Crippen LogP contribution < -0.4 is 4.90 Å². The Bertz CT molecular complexity index is 630. The van der Waals surface area contributed by atoms with E-state index in [2.05, 4.69) is 6.07 Å². The molecule has 1 fully saturated rings. The van der Waals surface area contributed by atoms with Crippen molar-refractivity contribution in [2.75, 3.05) is 24.5 Å². The molecular formula is C18H24N2O3. The van der Waals surface area contributed by atoms with E-state index in [1.165, 1.54) is 5.56 Å². The van der Waals surface area contributed by atoms with Crippen molar-refractivity contribution in [2.24, 2.45) is 5.41 Å². The molecule has 1 aromatic rings. The zero-order valence-corrected chi connectivity index (χ0v) is 13.8. The van der Waals surface area contributed by atoms with Gasteiger partial charge in [0.1, 0.15) is 0 Å². The summed E-state index contributed by atoms with van der Waals surface area (Å²) in [4.78, 5) is 28.3. The number of nitrogens with zero attached hydrogens (tertiary/aromatic N) is 2. The maximum absolute atomic E-state index is 13.0. The number of aliphatic carboxylic acids is 1. The number of carbonyl (C=O) groups excluding carboxylic acids is 1. The highest BCUT2D eigenvalue weighted by molar-refractivity contribution is 5.98. The third-order valence-electron chi connectivity index (χ3n) is 5.30. The summed E-state index contributed by atoms with van der Waals surface area (Å²) in [5.41, 5.74) is 1.49. The van der Waals surface area contributed by atoms with Gasteiger partial charge in [0.25, 0.3) is 0 Å². The second-order valence-corrected chi connectivity index (χ2v) is 6.98. The van der Waals surface area contributed by atoms with E-state index in [9.17, 15) is 14.7 Å². The first-order valence-electron chi connectivity index (χ1n) is 8.29. The number of para-hydroxylation sites is 1. The number of carboxylic acids is 1. The van der Waals surface area contributed by atoms with Crippen LogP contribution in [0.4, 0.5) is 5.69 Å². The predicted molar refractivity (Wildman–Crippen MR) is 88.5 cm³/mol. The topological polar surface area (TPSA) is 60.9 Å². The molecule has 2 atom stereocenters. The summed E-state index contributed by atoms with van der Waals surface area (Å²) in [5.74, 6) is -0.699. The third kappa shape index (κ3) is 2.85. The van der Waals surface area contributed by atoms with Crippen LogP contribution in [0.25, 0.3) is 0 Å². The first-order chi connectivity index (χ1) is 10.9. The van der Waals surface area contributed by atoms with E-state index in [4.69, 9.17) is 0 Å². The molecular weight excluding hydrogens is 292 g/mol. The molecule has 5 nitrogen and oxygen atoms in total. The first kappa shape index (κ1) is 16.0. The number of carbonyl (C=O) groups is 2. The number of anilines is 1. The summed E-state index contributed by atoms with van der Waals surface area (Å²) < 4.78 is 0. The van der Waals surface area contributed by atoms with E-state index >= 15 is 0 Å². The molecule has 2 aliphatic rings. The van der Waals surface area contributed by atoms with Crippen molar-refractivity contribution in [2.45, 2.75) is 39.2 Å². The number of likely N-dealkylation sites (tertiary alicyclic amines) is 1. The first-order valence-corrected chi connectivity index (χ1v) is 8.29. The number of aryl methyl sites for hydroxylation is 1. The fourth-order valence-corrected chi connectivity index (χ4v) is 3.65. The fraction of sp³-hybridized carbons (Fsp3) is 0.556. The minimum atomic E-state index is -0.775. The van der Waals surface area contributed by atoms with Gasteiger partial charge in [-0.25, -0.2) is 0 Å². The molecule has 0 aromatic heterocycles. The number of carboxylic acid groups (broad SMARTS) is 1. The lowest BCUT2D eigenvalue weighted by Gasteiger charge is -2.34. The molecule has 2 unspecified atom stereocenters. The van der Waals surface area contributed by atoms with Gasteiger partial charge in [-0.1, -0.05) is 18.2 Å². The van der Waals surface area contributed by atoms with Crippen LogP contribution in [0.15, 0.2) is 24.3 Å². The Morgan fingerprint density at radius 1 is 1.26 bits per heavy atom. The maximum Gasteiger partial charge on any atom is 0.310 e. The number of hydrogen-bond donors (Lipinski definition) is 1. The Balaban J connectivity index is 1.76. The van der Waals surface area contributed by atoms with Crippen molar-refractivity contribution >= 4 is 17.6 Å². The van der Waals surface area contributed by atoms with Gasteiger partial charge in [-0.2, -0.15) is 0 Å². The average molecular weight is 316 g/mol. The zero-order valence-electron chi connectivity index (χ0n) is 13.8. The van der Waals surface area contributed by atoms with Crippen molar-refractivity contribution in [1.29, 1.82) is 0 Å². The molecule has 1 amide bonds. The van der Waals surface area contributed by atoms with Crippen LogP contribution in [-0.2, 0) is 16.0 Å². The van der Waals surface area contributed by atoms with Crippen LogP contribution in [0.1, 0.15) is 32.3 Å². The number of fused-ring (bicyclic) bond motifs is 1. The molecule has 0 radical (unpaired) electrons. The molecule has 0 bridgehead atoms. The molecule has 3 rings (SSSR count). The van der Waals surface area contributed by atoms with Crippen molar-refractivity contribution in [3.8, 4) is 0 Å². The number of hydrogen-bond acceptors (Lipinski definition) is 3. The van der Waals surface area contributed by atoms with Crippen molar-refractivity contribution in [3.63, 3.8) is 0 Å². The SMILES string of the molecule is CC(C(=O)N1CCCc2ccccc21)N1CCC(C)(C(=O)O)C1. The molecule has 124 valence electrons. The Hall–Kier alpha value is -1.88. The minimum Gasteiger partial charge on any atom is -0.481 e. The van der Waals surface area contributed by atoms with Crippen LogP contribution in [0.3, 0.4) is 0 Å². The molecule has 1 saturated heterocycles. The third-order valence-corrected chi connectivity index (χ3v) is 5.30. The zero-order chi connectivity index (χ0) is 16.6. The van der Waals surface area contributed by atoms with Crippen molar-refractivity contribution < 1.29 is 14.7 Å². The minimum absolute atomic E-state index is 0.0757. The summed E-state index contributed by atoms with van der Waals surface area (Å²) in [6.07, 6.45) is 2.58. The summed E-state index contributed by atoms with van der Waals surface area (Å²) in [6.45, 7) is 5.50. The molecule has 1 N–H and O–H groups in total. The molecule has 2 heterocycles. The van der Waals surface area contributed by atoms with Gasteiger partial charge in [-0.15, -0.1) is 0 Å². The lowest BCUT2D eigenvalue weighted by atomic mass is 9.90. The summed E-state index contributed by atoms with van der Waals surface area (Å²) in [7, 11) is 0. The van der Waals surface area contributed by atoms with E-state index in [0.717, 1.165) is 25.1 Å². The van der Waals surface area contributed by atoms with Gasteiger partial charge in [0.2, 0.25) is 5.91 Å². The maximum atomic E-state index is 13.0. The Kier molecular flexibility index (Phi) is 4.15. The van der Waals surface area contributed by atoms with Gasteiger partial charge in [0.15, 0.2) is 0 Å². The monoisotopic (exact) mass is 316 g/mol. The summed E-state index contributed by atoms with van der Waals surface area (Å²) in [6, 6.07) is 7.77. The highest BCUT2D eigenvalue weighted by atomic mass is 16.4. The smallest absolute Gasteiger partial charge is 0.310 e. The van der Waals surface area contributed by atoms with Crippen LogP contribution >= 0.6 is 0 Å². The summed E-state index contributed by atoms with van der Waals surface area (Å²) in [5, 5.41) is 9.37. The highest BCUT2D eigenvalue weighted by Gasteiger charge is 2.43. The number of rotatable bonds is 3. The van der Waals surface area contributed by atoms with E-state index in [1.807, 2.05) is 34.9 Å². The second kappa shape index (κ2) is 5.96. The largest absolute Gasteiger partial charge is 0.481 e. The van der Waals surface area contributed by atoms with Gasteiger partial charge < -0.3 is 10.0 Å². The Labute approximate surface area is 136 Å². The number of amides is 1. The average Bonchev–Trinajstić information content (AvgIpc) is 2.97. The lowest BCUT2D eigenvalue weighted by molar-refractivity contribution is -0.147. The second-order valence-electron chi connectivity index (χ2n) is 6.98. The standard InChI is InChI=1S/C18H24N2O3/c1-13(19-11-9-18(2,12-19)17(22)23)16(21)20-10-5-7-14-6-3-4-8-15(14)20/h3-4,6,8,13H,5,7,9-12H2,1-2H3,(H,22,23). The van der Waals surface area contributed by atoms with Crippen LogP contribution in [0.5, 0.6) is 0 Å². The molecule has 0 spiro atoms. The highest BCUT2D eigenvalue weighted by Crippen LogP contribution is 2.33. The van der Waals surface area contributed by atoms with Gasteiger partial charge >= 0.3 is 5.97 Å². The van der Waals surface area contributed by atoms with Gasteiger partial charge in [-0.05, 0) is 44.7 Å². The van der Waals surface area contributed by atoms with Crippen LogP contribution in [-0.4, -0.2) is 47.6 Å². The fourth-order valence-electron chi connectivity index (χ4n) is 3.65. The summed E-state index contributed by atoms with van der Waals surface area (Å²) >= 11 is 0. The molecule has 5 heteroatoms. The lowest BCUT2D eigenvalue weighted by Crippen LogP contribution is -2.48. The normalized spacial score (nSPS) is 25.9. The number of benzene rings is 1. The molecule has 2 aliphatic heterocycles. The van der Waals surface area contributed by atoms with Gasteiger partial charge in [0, 0.05) is 25.3 Å². The van der Waals surface area contributed by atoms with Crippen LogP contribution in [0.2, 0.25) is 0 Å². The predicted octanol–water partition coefficient (Wildman–Crippen LogP) is 2.15. The Morgan fingerprint density at radius 3 is 2.70 bits per heavy atom. The molecule has 23 heavy (non-hydrogen) atoms. The van der Waals surface area contributed by atoms with E-state index in [-0.39, 0.29) is 11.9 Å².